The minimum Gasteiger partial charge on any atom is -0.468 e. The van der Waals surface area contributed by atoms with Gasteiger partial charge in [0.1, 0.15) is 0 Å². The first-order valence-corrected chi connectivity index (χ1v) is 4.15. The van der Waals surface area contributed by atoms with Gasteiger partial charge >= 0.3 is 6.18 Å². The molecule has 0 aliphatic carbocycles. The van der Waals surface area contributed by atoms with E-state index >= 15 is 0 Å². The molecule has 1 rings (SSSR count). The second kappa shape index (κ2) is 4.86. The Morgan fingerprint density at radius 2 is 2.20 bits per heavy atom. The van der Waals surface area contributed by atoms with Gasteiger partial charge in [0.15, 0.2) is 6.61 Å². The van der Waals surface area contributed by atoms with E-state index in [0.717, 1.165) is 0 Å². The van der Waals surface area contributed by atoms with Crippen molar-refractivity contribution in [2.45, 2.75) is 6.18 Å². The average Bonchev–Trinajstić information content (AvgIpc) is 2.16. The van der Waals surface area contributed by atoms with Crippen molar-refractivity contribution in [1.29, 1.82) is 0 Å². The molecule has 1 aromatic rings. The molecule has 15 heavy (non-hydrogen) atoms. The van der Waals surface area contributed by atoms with Crippen molar-refractivity contribution in [1.82, 2.24) is 4.98 Å². The van der Waals surface area contributed by atoms with E-state index in [4.69, 9.17) is 0 Å². The van der Waals surface area contributed by atoms with Crippen molar-refractivity contribution in [2.24, 2.45) is 4.99 Å². The predicted molar refractivity (Wildman–Crippen MR) is 50.5 cm³/mol. The summed E-state index contributed by atoms with van der Waals surface area (Å²) in [7, 11) is 0. The molecular formula is C8H5F3N2OS. The van der Waals surface area contributed by atoms with Crippen LogP contribution in [-0.4, -0.2) is 22.9 Å². The quantitative estimate of drug-likeness (QED) is 0.595. The molecule has 0 aliphatic rings. The van der Waals surface area contributed by atoms with Gasteiger partial charge in [-0.1, -0.05) is 0 Å². The van der Waals surface area contributed by atoms with Crippen LogP contribution in [-0.2, 0) is 0 Å². The number of halogens is 3. The Hall–Kier alpha value is -1.46. The summed E-state index contributed by atoms with van der Waals surface area (Å²) < 4.78 is 39.6. The molecule has 0 atom stereocenters. The number of hydrogen-bond donors (Lipinski definition) is 0. The summed E-state index contributed by atoms with van der Waals surface area (Å²) in [6.07, 6.45) is -3.13. The number of alkyl halides is 3. The maximum absolute atomic E-state index is 11.7. The summed E-state index contributed by atoms with van der Waals surface area (Å²) in [5.41, 5.74) is 0.407. The van der Waals surface area contributed by atoms with Crippen molar-refractivity contribution in [3.63, 3.8) is 0 Å². The van der Waals surface area contributed by atoms with Crippen molar-refractivity contribution in [3.8, 4) is 5.88 Å². The molecule has 1 heterocycles. The zero-order chi connectivity index (χ0) is 11.3. The highest BCUT2D eigenvalue weighted by Gasteiger charge is 2.28. The molecular weight excluding hydrogens is 229 g/mol. The zero-order valence-corrected chi connectivity index (χ0v) is 8.10. The normalized spacial score (nSPS) is 10.6. The number of thiocarbonyl (C=S) groups is 1. The molecule has 0 aliphatic heterocycles. The minimum atomic E-state index is -4.37. The molecule has 1 aromatic heterocycles. The van der Waals surface area contributed by atoms with E-state index in [1.165, 1.54) is 18.3 Å². The molecule has 0 aromatic carbocycles. The van der Waals surface area contributed by atoms with Gasteiger partial charge < -0.3 is 4.74 Å². The van der Waals surface area contributed by atoms with E-state index in [2.05, 4.69) is 32.1 Å². The monoisotopic (exact) mass is 234 g/mol. The van der Waals surface area contributed by atoms with E-state index in [1.807, 2.05) is 0 Å². The number of aromatic nitrogens is 1. The number of isothiocyanates is 1. The Labute approximate surface area is 88.6 Å². The molecule has 0 amide bonds. The van der Waals surface area contributed by atoms with Crippen molar-refractivity contribution < 1.29 is 17.9 Å². The highest BCUT2D eigenvalue weighted by atomic mass is 32.1. The van der Waals surface area contributed by atoms with Crippen LogP contribution < -0.4 is 4.74 Å². The molecule has 0 saturated heterocycles. The van der Waals surface area contributed by atoms with Gasteiger partial charge in [0, 0.05) is 6.07 Å². The summed E-state index contributed by atoms with van der Waals surface area (Å²) in [5, 5.41) is 2.11. The van der Waals surface area contributed by atoms with Gasteiger partial charge in [-0.15, -0.1) is 0 Å². The first-order valence-electron chi connectivity index (χ1n) is 3.75. The summed E-state index contributed by atoms with van der Waals surface area (Å²) >= 11 is 4.34. The Morgan fingerprint density at radius 1 is 1.47 bits per heavy atom. The molecule has 0 unspecified atom stereocenters. The molecule has 0 saturated carbocycles. The fourth-order valence-electron chi connectivity index (χ4n) is 0.732. The van der Waals surface area contributed by atoms with Crippen LogP contribution in [0.5, 0.6) is 5.88 Å². The largest absolute Gasteiger partial charge is 0.468 e. The van der Waals surface area contributed by atoms with Gasteiger partial charge in [-0.05, 0) is 18.3 Å². The van der Waals surface area contributed by atoms with E-state index in [0.29, 0.717) is 5.69 Å². The van der Waals surface area contributed by atoms with Crippen molar-refractivity contribution in [2.75, 3.05) is 6.61 Å². The second-order valence-electron chi connectivity index (χ2n) is 2.46. The number of aliphatic imine (C=N–C) groups is 1. The fraction of sp³-hybridized carbons (Fsp3) is 0.250. The van der Waals surface area contributed by atoms with Gasteiger partial charge in [-0.2, -0.15) is 18.2 Å². The summed E-state index contributed by atoms with van der Waals surface area (Å²) in [4.78, 5) is 7.18. The first kappa shape index (κ1) is 11.6. The first-order chi connectivity index (χ1) is 7.01. The van der Waals surface area contributed by atoms with Gasteiger partial charge in [0.2, 0.25) is 5.88 Å². The SMILES string of the molecule is FC(F)(F)COc1ccc(N=C=S)cn1. The van der Waals surface area contributed by atoms with Crippen LogP contribution in [0.25, 0.3) is 0 Å². The van der Waals surface area contributed by atoms with Crippen LogP contribution in [0.15, 0.2) is 23.3 Å². The highest BCUT2D eigenvalue weighted by Crippen LogP contribution is 2.18. The van der Waals surface area contributed by atoms with Crippen LogP contribution in [0.3, 0.4) is 0 Å². The smallest absolute Gasteiger partial charge is 0.422 e. The van der Waals surface area contributed by atoms with Gasteiger partial charge in [0.25, 0.3) is 0 Å². The summed E-state index contributed by atoms with van der Waals surface area (Å²) in [6, 6.07) is 2.70. The maximum Gasteiger partial charge on any atom is 0.422 e. The fourth-order valence-corrected chi connectivity index (χ4v) is 0.838. The Morgan fingerprint density at radius 3 is 2.67 bits per heavy atom. The lowest BCUT2D eigenvalue weighted by Gasteiger charge is -2.07. The predicted octanol–water partition coefficient (Wildman–Crippen LogP) is 2.76. The number of rotatable bonds is 3. The molecule has 0 radical (unpaired) electrons. The maximum atomic E-state index is 11.7. The Bertz CT molecular complexity index is 370. The van der Waals surface area contributed by atoms with Gasteiger partial charge in [0.05, 0.1) is 17.0 Å². The molecule has 0 N–H and O–H groups in total. The molecule has 7 heteroatoms. The highest BCUT2D eigenvalue weighted by molar-refractivity contribution is 7.78. The molecule has 3 nitrogen and oxygen atoms in total. The minimum absolute atomic E-state index is 0.115. The van der Waals surface area contributed by atoms with Gasteiger partial charge in [-0.3, -0.25) is 0 Å². The van der Waals surface area contributed by atoms with Crippen molar-refractivity contribution >= 4 is 23.1 Å². The number of ether oxygens (including phenoxy) is 1. The van der Waals surface area contributed by atoms with E-state index < -0.39 is 12.8 Å². The van der Waals surface area contributed by atoms with E-state index in [1.54, 1.807) is 0 Å². The number of nitrogens with zero attached hydrogens (tertiary/aromatic N) is 2. The van der Waals surface area contributed by atoms with Crippen LogP contribution >= 0.6 is 12.2 Å². The average molecular weight is 234 g/mol. The van der Waals surface area contributed by atoms with Crippen molar-refractivity contribution in [3.05, 3.63) is 18.3 Å². The summed E-state index contributed by atoms with van der Waals surface area (Å²) in [6.45, 7) is -1.37. The van der Waals surface area contributed by atoms with Crippen LogP contribution in [0.2, 0.25) is 0 Å². The van der Waals surface area contributed by atoms with Crippen LogP contribution in [0, 0.1) is 0 Å². The topological polar surface area (TPSA) is 34.5 Å². The second-order valence-corrected chi connectivity index (χ2v) is 2.64. The third kappa shape index (κ3) is 4.53. The zero-order valence-electron chi connectivity index (χ0n) is 7.28. The number of hydrogen-bond acceptors (Lipinski definition) is 4. The Balaban J connectivity index is 2.61. The third-order valence-electron chi connectivity index (χ3n) is 1.28. The van der Waals surface area contributed by atoms with E-state index in [-0.39, 0.29) is 5.88 Å². The summed E-state index contributed by atoms with van der Waals surface area (Å²) in [5.74, 6) is -0.115. The van der Waals surface area contributed by atoms with Gasteiger partial charge in [-0.25, -0.2) is 4.98 Å². The van der Waals surface area contributed by atoms with E-state index in [9.17, 15) is 13.2 Å². The molecule has 0 fully saturated rings. The number of pyridine rings is 1. The standard InChI is InChI=1S/C8H5F3N2OS/c9-8(10,11)4-14-7-2-1-6(3-12-7)13-5-15/h1-3H,4H2. The molecule has 80 valence electrons. The lowest BCUT2D eigenvalue weighted by atomic mass is 10.4. The lowest BCUT2D eigenvalue weighted by Crippen LogP contribution is -2.19. The third-order valence-corrected chi connectivity index (χ3v) is 1.37. The lowest BCUT2D eigenvalue weighted by molar-refractivity contribution is -0.154. The van der Waals surface area contributed by atoms with Crippen LogP contribution in [0.4, 0.5) is 18.9 Å². The molecule has 0 spiro atoms. The van der Waals surface area contributed by atoms with Crippen LogP contribution in [0.1, 0.15) is 0 Å². The molecule has 0 bridgehead atoms. The Kier molecular flexibility index (Phi) is 3.76.